The van der Waals surface area contributed by atoms with E-state index in [1.807, 2.05) is 6.20 Å². The number of pyridine rings is 1. The Labute approximate surface area is 148 Å². The molecule has 2 aromatic rings. The molecule has 0 aliphatic heterocycles. The van der Waals surface area contributed by atoms with E-state index in [0.717, 1.165) is 22.7 Å². The molecule has 1 N–H and O–H groups in total. The molecule has 25 heavy (non-hydrogen) atoms. The lowest BCUT2D eigenvalue weighted by molar-refractivity contribution is -0.119. The lowest BCUT2D eigenvalue weighted by Gasteiger charge is -2.22. The predicted molar refractivity (Wildman–Crippen MR) is 96.7 cm³/mol. The minimum absolute atomic E-state index is 0.0627. The van der Waals surface area contributed by atoms with Gasteiger partial charge in [0.05, 0.1) is 5.52 Å². The largest absolute Gasteiger partial charge is 0.354 e. The number of benzene rings is 1. The summed E-state index contributed by atoms with van der Waals surface area (Å²) in [5.41, 5.74) is 2.14. The molecule has 2 aliphatic rings. The molecule has 0 bridgehead atoms. The molecule has 0 saturated heterocycles. The van der Waals surface area contributed by atoms with Crippen molar-refractivity contribution in [1.82, 2.24) is 10.3 Å². The van der Waals surface area contributed by atoms with Gasteiger partial charge in [-0.3, -0.25) is 9.78 Å². The van der Waals surface area contributed by atoms with Crippen LogP contribution in [0.4, 0.5) is 4.39 Å². The van der Waals surface area contributed by atoms with Crippen molar-refractivity contribution in [2.24, 2.45) is 17.8 Å². The number of carbonyl (C=O) groups is 1. The van der Waals surface area contributed by atoms with E-state index in [4.69, 9.17) is 0 Å². The van der Waals surface area contributed by atoms with Gasteiger partial charge in [-0.25, -0.2) is 4.39 Å². The van der Waals surface area contributed by atoms with Crippen LogP contribution in [-0.4, -0.2) is 16.9 Å². The second-order valence-corrected chi connectivity index (χ2v) is 7.97. The molecule has 4 unspecified atom stereocenters. The Hall–Kier alpha value is -1.97. The van der Waals surface area contributed by atoms with Crippen LogP contribution in [0.25, 0.3) is 10.9 Å². The Balaban J connectivity index is 1.50. The van der Waals surface area contributed by atoms with Gasteiger partial charge >= 0.3 is 0 Å². The molecule has 3 nitrogen and oxygen atoms in total. The van der Waals surface area contributed by atoms with E-state index in [-0.39, 0.29) is 17.8 Å². The van der Waals surface area contributed by atoms with Gasteiger partial charge in [0.2, 0.25) is 5.91 Å². The Morgan fingerprint density at radius 1 is 1.20 bits per heavy atom. The molecule has 2 saturated carbocycles. The van der Waals surface area contributed by atoms with Crippen molar-refractivity contribution >= 4 is 16.8 Å². The summed E-state index contributed by atoms with van der Waals surface area (Å²) in [7, 11) is 0. The zero-order valence-electron chi connectivity index (χ0n) is 14.8. The Morgan fingerprint density at radius 2 is 1.92 bits per heavy atom. The normalized spacial score (nSPS) is 29.6. The van der Waals surface area contributed by atoms with Gasteiger partial charge < -0.3 is 5.32 Å². The predicted octanol–water partition coefficient (Wildman–Crippen LogP) is 4.42. The van der Waals surface area contributed by atoms with Gasteiger partial charge in [-0.2, -0.15) is 0 Å². The highest BCUT2D eigenvalue weighted by Gasteiger charge is 2.43. The molecular weight excluding hydrogens is 315 g/mol. The molecular formula is C21H25FN2O. The summed E-state index contributed by atoms with van der Waals surface area (Å²) in [5, 5.41) is 4.03. The van der Waals surface area contributed by atoms with E-state index in [9.17, 15) is 9.18 Å². The number of hydrogen-bond donors (Lipinski definition) is 1. The zero-order chi connectivity index (χ0) is 17.6. The van der Waals surface area contributed by atoms with E-state index in [1.54, 1.807) is 19.1 Å². The number of halogens is 1. The van der Waals surface area contributed by atoms with Crippen LogP contribution in [0.3, 0.4) is 0 Å². The topological polar surface area (TPSA) is 42.0 Å². The Morgan fingerprint density at radius 3 is 2.60 bits per heavy atom. The van der Waals surface area contributed by atoms with Crippen LogP contribution in [-0.2, 0) is 4.79 Å². The van der Waals surface area contributed by atoms with E-state index in [2.05, 4.69) is 23.3 Å². The van der Waals surface area contributed by atoms with Crippen LogP contribution in [0.15, 0.2) is 30.5 Å². The summed E-state index contributed by atoms with van der Waals surface area (Å²) in [4.78, 5) is 15.7. The smallest absolute Gasteiger partial charge is 0.217 e. The number of nitrogens with one attached hydrogen (secondary N) is 1. The second kappa shape index (κ2) is 6.40. The fourth-order valence-electron chi connectivity index (χ4n) is 5.26. The van der Waals surface area contributed by atoms with Crippen molar-refractivity contribution in [2.75, 3.05) is 0 Å². The number of aromatic nitrogens is 1. The van der Waals surface area contributed by atoms with E-state index in [1.165, 1.54) is 37.3 Å². The third kappa shape index (κ3) is 3.14. The zero-order valence-corrected chi connectivity index (χ0v) is 14.8. The molecule has 1 aromatic heterocycles. The van der Waals surface area contributed by atoms with Crippen molar-refractivity contribution in [3.05, 3.63) is 41.8 Å². The van der Waals surface area contributed by atoms with Crippen molar-refractivity contribution in [2.45, 2.75) is 51.5 Å². The van der Waals surface area contributed by atoms with Crippen molar-refractivity contribution in [3.8, 4) is 0 Å². The molecule has 2 fully saturated rings. The summed E-state index contributed by atoms with van der Waals surface area (Å²) in [6, 6.07) is 7.22. The molecule has 0 radical (unpaired) electrons. The summed E-state index contributed by atoms with van der Waals surface area (Å²) < 4.78 is 13.7. The van der Waals surface area contributed by atoms with Crippen LogP contribution >= 0.6 is 0 Å². The van der Waals surface area contributed by atoms with Gasteiger partial charge in [0, 0.05) is 24.5 Å². The highest BCUT2D eigenvalue weighted by atomic mass is 19.1. The van der Waals surface area contributed by atoms with Crippen molar-refractivity contribution < 1.29 is 9.18 Å². The fraction of sp³-hybridized carbons (Fsp3) is 0.524. The van der Waals surface area contributed by atoms with Crippen LogP contribution in [0, 0.1) is 23.6 Å². The molecule has 1 heterocycles. The lowest BCUT2D eigenvalue weighted by atomic mass is 9.88. The van der Waals surface area contributed by atoms with Gasteiger partial charge in [-0.05, 0) is 86.1 Å². The molecule has 4 heteroatoms. The average Bonchev–Trinajstić information content (AvgIpc) is 3.12. The number of rotatable bonds is 3. The monoisotopic (exact) mass is 340 g/mol. The third-order valence-corrected chi connectivity index (χ3v) is 6.37. The second-order valence-electron chi connectivity index (χ2n) is 7.97. The molecule has 1 aromatic carbocycles. The minimum atomic E-state index is -0.191. The van der Waals surface area contributed by atoms with Crippen molar-refractivity contribution in [1.29, 1.82) is 0 Å². The first-order valence-electron chi connectivity index (χ1n) is 9.32. The van der Waals surface area contributed by atoms with E-state index in [0.29, 0.717) is 11.8 Å². The maximum Gasteiger partial charge on any atom is 0.217 e. The summed E-state index contributed by atoms with van der Waals surface area (Å²) in [5.74, 6) is 2.41. The van der Waals surface area contributed by atoms with Gasteiger partial charge in [0.25, 0.3) is 0 Å². The number of fused-ring (bicyclic) bond motifs is 2. The van der Waals surface area contributed by atoms with Crippen LogP contribution < -0.4 is 5.32 Å². The summed E-state index contributed by atoms with van der Waals surface area (Å²) >= 11 is 0. The molecule has 132 valence electrons. The first-order chi connectivity index (χ1) is 12.0. The molecule has 4 rings (SSSR count). The third-order valence-electron chi connectivity index (χ3n) is 6.37. The number of carbonyl (C=O) groups excluding carboxylic acids is 1. The highest BCUT2D eigenvalue weighted by molar-refractivity contribution is 5.82. The average molecular weight is 340 g/mol. The summed E-state index contributed by atoms with van der Waals surface area (Å²) in [6.45, 7) is 3.72. The molecule has 1 amide bonds. The van der Waals surface area contributed by atoms with Gasteiger partial charge in [0.15, 0.2) is 0 Å². The summed E-state index contributed by atoms with van der Waals surface area (Å²) in [6.07, 6.45) is 6.58. The number of nitrogens with zero attached hydrogens (tertiary/aromatic N) is 1. The van der Waals surface area contributed by atoms with Gasteiger partial charge in [-0.15, -0.1) is 0 Å². The van der Waals surface area contributed by atoms with Gasteiger partial charge in [-0.1, -0.05) is 0 Å². The van der Waals surface area contributed by atoms with E-state index >= 15 is 0 Å². The molecule has 2 aliphatic carbocycles. The maximum absolute atomic E-state index is 13.7. The lowest BCUT2D eigenvalue weighted by Crippen LogP contribution is -2.35. The van der Waals surface area contributed by atoms with Crippen molar-refractivity contribution in [3.63, 3.8) is 0 Å². The van der Waals surface area contributed by atoms with Crippen LogP contribution in [0.1, 0.15) is 51.0 Å². The SMILES string of the molecule is CC(=O)NC(C)C1CC2CC(c3ccnc4ccc(F)cc34)C[C@H]2C1. The Bertz CT molecular complexity index is 792. The minimum Gasteiger partial charge on any atom is -0.354 e. The molecule has 5 atom stereocenters. The maximum atomic E-state index is 13.7. The number of amides is 1. The fourth-order valence-corrected chi connectivity index (χ4v) is 5.26. The van der Waals surface area contributed by atoms with Gasteiger partial charge in [0.1, 0.15) is 5.82 Å². The highest BCUT2D eigenvalue weighted by Crippen LogP contribution is 2.53. The first kappa shape index (κ1) is 16.5. The van der Waals surface area contributed by atoms with Crippen LogP contribution in [0.5, 0.6) is 0 Å². The quantitative estimate of drug-likeness (QED) is 0.899. The van der Waals surface area contributed by atoms with E-state index < -0.39 is 0 Å². The van der Waals surface area contributed by atoms with Crippen LogP contribution in [0.2, 0.25) is 0 Å². The standard InChI is InChI=1S/C21H25FN2O/c1-12(24-13(2)25)14-7-15-9-17(10-16(15)8-14)19-5-6-23-21-4-3-18(22)11-20(19)21/h3-6,11-12,14-17H,7-10H2,1-2H3,(H,24,25)/t12?,14?,15-,16?,17?/m1/s1. The Kier molecular flexibility index (Phi) is 4.22. The first-order valence-corrected chi connectivity index (χ1v) is 9.32. The number of hydrogen-bond acceptors (Lipinski definition) is 2. The molecule has 0 spiro atoms.